The molecular weight excluding hydrogens is 560 g/mol. The fourth-order valence-electron chi connectivity index (χ4n) is 3.97. The molecule has 0 aliphatic heterocycles. The summed E-state index contributed by atoms with van der Waals surface area (Å²) in [7, 11) is 2.91. The number of aromatic nitrogens is 3. The zero-order chi connectivity index (χ0) is 29.2. The number of esters is 1. The van der Waals surface area contributed by atoms with Gasteiger partial charge in [-0.1, -0.05) is 43.3 Å². The summed E-state index contributed by atoms with van der Waals surface area (Å²) < 4.78 is 17.9. The number of benzene rings is 2. The van der Waals surface area contributed by atoms with Crippen LogP contribution < -0.4 is 14.8 Å². The highest BCUT2D eigenvalue weighted by Crippen LogP contribution is 2.37. The molecule has 0 aliphatic carbocycles. The predicted octanol–water partition coefficient (Wildman–Crippen LogP) is 6.56. The molecule has 0 bridgehead atoms. The Balaban J connectivity index is 1.47. The molecule has 1 N–H and O–H groups in total. The highest BCUT2D eigenvalue weighted by atomic mass is 32.2. The van der Waals surface area contributed by atoms with Gasteiger partial charge in [-0.2, -0.15) is 0 Å². The van der Waals surface area contributed by atoms with Gasteiger partial charge in [-0.25, -0.2) is 4.79 Å². The average molecular weight is 593 g/mol. The number of allylic oxidation sites excluding steroid dienone is 1. The molecule has 4 aromatic rings. The Labute approximate surface area is 247 Å². The third kappa shape index (κ3) is 7.36. The van der Waals surface area contributed by atoms with E-state index >= 15 is 0 Å². The van der Waals surface area contributed by atoms with Gasteiger partial charge in [-0.05, 0) is 48.4 Å². The maximum absolute atomic E-state index is 13.0. The molecule has 0 saturated carbocycles. The highest BCUT2D eigenvalue weighted by Gasteiger charge is 2.23. The van der Waals surface area contributed by atoms with Gasteiger partial charge in [-0.3, -0.25) is 9.36 Å². The third-order valence-corrected chi connectivity index (χ3v) is 7.94. The molecule has 0 unspecified atom stereocenters. The van der Waals surface area contributed by atoms with Crippen molar-refractivity contribution in [2.24, 2.45) is 0 Å². The first-order chi connectivity index (χ1) is 20.0. The number of nitrogens with zero attached hydrogens (tertiary/aromatic N) is 3. The number of carbonyl (C=O) groups excluding carboxylic acids is 2. The minimum atomic E-state index is -0.530. The smallest absolute Gasteiger partial charge is 0.341 e. The third-order valence-electron chi connectivity index (χ3n) is 6.07. The van der Waals surface area contributed by atoms with E-state index in [4.69, 9.17) is 14.2 Å². The molecule has 1 amide bonds. The van der Waals surface area contributed by atoms with Gasteiger partial charge in [0.05, 0.1) is 26.6 Å². The van der Waals surface area contributed by atoms with E-state index in [0.717, 1.165) is 29.7 Å². The van der Waals surface area contributed by atoms with Gasteiger partial charge in [-0.15, -0.1) is 28.1 Å². The van der Waals surface area contributed by atoms with E-state index in [1.165, 1.54) is 30.2 Å². The van der Waals surface area contributed by atoms with Gasteiger partial charge < -0.3 is 19.5 Å². The molecule has 9 nitrogen and oxygen atoms in total. The second kappa shape index (κ2) is 14.5. The summed E-state index contributed by atoms with van der Waals surface area (Å²) in [6.07, 6.45) is 3.84. The fraction of sp³-hybridized carbons (Fsp3) is 0.267. The van der Waals surface area contributed by atoms with Crippen molar-refractivity contribution in [1.82, 2.24) is 14.8 Å². The first-order valence-corrected chi connectivity index (χ1v) is 14.9. The van der Waals surface area contributed by atoms with Crippen LogP contribution in [0.15, 0.2) is 71.7 Å². The second-order valence-corrected chi connectivity index (χ2v) is 10.7. The Hall–Kier alpha value is -4.09. The number of unbranched alkanes of at least 4 members (excludes halogenated alkanes) is 1. The van der Waals surface area contributed by atoms with E-state index in [0.29, 0.717) is 46.0 Å². The Morgan fingerprint density at radius 2 is 1.76 bits per heavy atom. The van der Waals surface area contributed by atoms with E-state index in [-0.39, 0.29) is 11.7 Å². The first kappa shape index (κ1) is 29.9. The zero-order valence-corrected chi connectivity index (χ0v) is 24.8. The lowest BCUT2D eigenvalue weighted by Gasteiger charge is -2.10. The SMILES string of the molecule is C=CCn1c(SCC(=O)Nc2scc(-c3ccc(OC)cc3)c2C(=O)OC)nnc1-c1ccc(OCCCC)cc1. The highest BCUT2D eigenvalue weighted by molar-refractivity contribution is 7.99. The summed E-state index contributed by atoms with van der Waals surface area (Å²) in [4.78, 5) is 25.7. The maximum Gasteiger partial charge on any atom is 0.341 e. The molecule has 0 spiro atoms. The number of amides is 1. The van der Waals surface area contributed by atoms with Crippen molar-refractivity contribution in [2.45, 2.75) is 31.5 Å². The molecule has 0 fully saturated rings. The summed E-state index contributed by atoms with van der Waals surface area (Å²) in [5.74, 6) is 1.43. The van der Waals surface area contributed by atoms with E-state index in [9.17, 15) is 9.59 Å². The van der Waals surface area contributed by atoms with E-state index in [1.807, 2.05) is 58.5 Å². The average Bonchev–Trinajstić information content (AvgIpc) is 3.60. The van der Waals surface area contributed by atoms with Gasteiger partial charge in [0.1, 0.15) is 22.1 Å². The van der Waals surface area contributed by atoms with Crippen molar-refractivity contribution in [3.8, 4) is 34.0 Å². The number of thioether (sulfide) groups is 1. The Morgan fingerprint density at radius 1 is 1.05 bits per heavy atom. The monoisotopic (exact) mass is 592 g/mol. The van der Waals surface area contributed by atoms with Crippen molar-refractivity contribution >= 4 is 40.0 Å². The summed E-state index contributed by atoms with van der Waals surface area (Å²) in [5, 5.41) is 14.4. The number of ether oxygens (including phenoxy) is 3. The first-order valence-electron chi connectivity index (χ1n) is 13.0. The maximum atomic E-state index is 13.0. The Morgan fingerprint density at radius 3 is 2.41 bits per heavy atom. The number of carbonyl (C=O) groups is 2. The molecule has 4 rings (SSSR count). The molecule has 2 aromatic heterocycles. The number of anilines is 1. The lowest BCUT2D eigenvalue weighted by Crippen LogP contribution is -2.16. The van der Waals surface area contributed by atoms with Crippen molar-refractivity contribution in [2.75, 3.05) is 31.9 Å². The minimum Gasteiger partial charge on any atom is -0.497 e. The quantitative estimate of drug-likeness (QED) is 0.0759. The Kier molecular flexibility index (Phi) is 10.6. The van der Waals surface area contributed by atoms with E-state index < -0.39 is 5.97 Å². The normalized spacial score (nSPS) is 10.7. The lowest BCUT2D eigenvalue weighted by molar-refractivity contribution is -0.113. The van der Waals surface area contributed by atoms with Gasteiger partial charge >= 0.3 is 5.97 Å². The molecule has 2 aromatic carbocycles. The van der Waals surface area contributed by atoms with Crippen LogP contribution in [-0.4, -0.2) is 53.2 Å². The van der Waals surface area contributed by atoms with E-state index in [2.05, 4.69) is 29.0 Å². The van der Waals surface area contributed by atoms with Gasteiger partial charge in [0.15, 0.2) is 11.0 Å². The van der Waals surface area contributed by atoms with Crippen LogP contribution in [-0.2, 0) is 16.1 Å². The van der Waals surface area contributed by atoms with Crippen LogP contribution in [0.1, 0.15) is 30.1 Å². The van der Waals surface area contributed by atoms with Crippen molar-refractivity contribution in [3.63, 3.8) is 0 Å². The van der Waals surface area contributed by atoms with Gasteiger partial charge in [0.25, 0.3) is 0 Å². The molecule has 0 radical (unpaired) electrons. The Bertz CT molecular complexity index is 1480. The summed E-state index contributed by atoms with van der Waals surface area (Å²) in [6, 6.07) is 15.0. The minimum absolute atomic E-state index is 0.0653. The molecule has 0 saturated heterocycles. The van der Waals surface area contributed by atoms with Crippen LogP contribution in [0.3, 0.4) is 0 Å². The molecular formula is C30H32N4O5S2. The van der Waals surface area contributed by atoms with Crippen LogP contribution >= 0.6 is 23.1 Å². The molecule has 11 heteroatoms. The van der Waals surface area contributed by atoms with Crippen molar-refractivity contribution < 1.29 is 23.8 Å². The molecule has 41 heavy (non-hydrogen) atoms. The number of thiophene rings is 1. The van der Waals surface area contributed by atoms with Crippen LogP contribution in [0.5, 0.6) is 11.5 Å². The summed E-state index contributed by atoms with van der Waals surface area (Å²) in [5.41, 5.74) is 2.67. The second-order valence-electron chi connectivity index (χ2n) is 8.84. The number of hydrogen-bond donors (Lipinski definition) is 1. The van der Waals surface area contributed by atoms with Gasteiger partial charge in [0, 0.05) is 23.1 Å². The largest absolute Gasteiger partial charge is 0.497 e. The molecule has 0 aliphatic rings. The topological polar surface area (TPSA) is 105 Å². The van der Waals surface area contributed by atoms with E-state index in [1.54, 1.807) is 13.2 Å². The van der Waals surface area contributed by atoms with Crippen LogP contribution in [0.4, 0.5) is 5.00 Å². The summed E-state index contributed by atoms with van der Waals surface area (Å²) >= 11 is 2.52. The van der Waals surface area contributed by atoms with Crippen molar-refractivity contribution in [3.05, 3.63) is 72.1 Å². The number of nitrogens with one attached hydrogen (secondary N) is 1. The van der Waals surface area contributed by atoms with Crippen LogP contribution in [0.25, 0.3) is 22.5 Å². The number of hydrogen-bond acceptors (Lipinski definition) is 9. The standard InChI is InChI=1S/C30H32N4O5S2/c1-5-7-17-39-23-14-10-21(11-15-23)27-32-33-30(34(27)16-6-2)41-19-25(35)31-28-26(29(36)38-4)24(18-40-28)20-8-12-22(37-3)13-9-20/h6,8-15,18H,2,5,7,16-17,19H2,1,3-4H3,(H,31,35). The summed E-state index contributed by atoms with van der Waals surface area (Å²) in [6.45, 7) is 7.14. The predicted molar refractivity (Wildman–Crippen MR) is 163 cm³/mol. The fourth-order valence-corrected chi connectivity index (χ4v) is 5.69. The molecule has 0 atom stereocenters. The van der Waals surface area contributed by atoms with Gasteiger partial charge in [0.2, 0.25) is 5.91 Å². The van der Waals surface area contributed by atoms with Crippen molar-refractivity contribution in [1.29, 1.82) is 0 Å². The number of rotatable bonds is 14. The lowest BCUT2D eigenvalue weighted by atomic mass is 10.0. The zero-order valence-electron chi connectivity index (χ0n) is 23.2. The van der Waals surface area contributed by atoms with Crippen LogP contribution in [0, 0.1) is 0 Å². The number of methoxy groups -OCH3 is 2. The molecule has 214 valence electrons. The molecule has 2 heterocycles. The van der Waals surface area contributed by atoms with Crippen LogP contribution in [0.2, 0.25) is 0 Å².